The first kappa shape index (κ1) is 16.9. The Bertz CT molecular complexity index is 458. The number of amides is 1. The SMILES string of the molecule is O=C(CCc1ccccc1F)NCCCOC1CCCCC1. The van der Waals surface area contributed by atoms with Crippen molar-refractivity contribution in [3.8, 4) is 0 Å². The number of ether oxygens (including phenoxy) is 1. The van der Waals surface area contributed by atoms with Crippen molar-refractivity contribution in [2.24, 2.45) is 0 Å². The van der Waals surface area contributed by atoms with E-state index >= 15 is 0 Å². The second-order valence-corrected chi connectivity index (χ2v) is 5.93. The summed E-state index contributed by atoms with van der Waals surface area (Å²) in [4.78, 5) is 11.7. The third kappa shape index (κ3) is 6.14. The van der Waals surface area contributed by atoms with Crippen LogP contribution in [0.15, 0.2) is 24.3 Å². The van der Waals surface area contributed by atoms with E-state index in [1.54, 1.807) is 18.2 Å². The highest BCUT2D eigenvalue weighted by atomic mass is 19.1. The maximum absolute atomic E-state index is 13.4. The molecule has 0 aliphatic heterocycles. The van der Waals surface area contributed by atoms with E-state index in [2.05, 4.69) is 5.32 Å². The molecule has 1 aromatic carbocycles. The van der Waals surface area contributed by atoms with Crippen LogP contribution in [0.3, 0.4) is 0 Å². The molecule has 1 fully saturated rings. The number of aryl methyl sites for hydroxylation is 1. The Labute approximate surface area is 132 Å². The lowest BCUT2D eigenvalue weighted by Gasteiger charge is -2.21. The summed E-state index contributed by atoms with van der Waals surface area (Å²) in [5, 5.41) is 2.87. The summed E-state index contributed by atoms with van der Waals surface area (Å²) in [6.45, 7) is 1.33. The predicted octanol–water partition coefficient (Wildman–Crippen LogP) is 3.61. The second-order valence-electron chi connectivity index (χ2n) is 5.93. The van der Waals surface area contributed by atoms with Gasteiger partial charge in [-0.05, 0) is 37.3 Å². The lowest BCUT2D eigenvalue weighted by atomic mass is 9.98. The van der Waals surface area contributed by atoms with Crippen molar-refractivity contribution in [1.82, 2.24) is 5.32 Å². The summed E-state index contributed by atoms with van der Waals surface area (Å²) < 4.78 is 19.2. The molecule has 3 nitrogen and oxygen atoms in total. The van der Waals surface area contributed by atoms with Crippen LogP contribution >= 0.6 is 0 Å². The summed E-state index contributed by atoms with van der Waals surface area (Å²) in [6, 6.07) is 6.60. The van der Waals surface area contributed by atoms with E-state index in [4.69, 9.17) is 4.74 Å². The third-order valence-electron chi connectivity index (χ3n) is 4.13. The molecule has 1 aliphatic rings. The fraction of sp³-hybridized carbons (Fsp3) is 0.611. The summed E-state index contributed by atoms with van der Waals surface area (Å²) in [5.74, 6) is -0.267. The first-order valence-electron chi connectivity index (χ1n) is 8.37. The molecule has 0 unspecified atom stereocenters. The van der Waals surface area contributed by atoms with Crippen LogP contribution in [0.4, 0.5) is 4.39 Å². The third-order valence-corrected chi connectivity index (χ3v) is 4.13. The molecule has 1 amide bonds. The topological polar surface area (TPSA) is 38.3 Å². The largest absolute Gasteiger partial charge is 0.378 e. The fourth-order valence-electron chi connectivity index (χ4n) is 2.82. The number of carbonyl (C=O) groups excluding carboxylic acids is 1. The van der Waals surface area contributed by atoms with Crippen molar-refractivity contribution >= 4 is 5.91 Å². The zero-order chi connectivity index (χ0) is 15.6. The molecule has 4 heteroatoms. The number of hydrogen-bond donors (Lipinski definition) is 1. The molecule has 22 heavy (non-hydrogen) atoms. The molecule has 1 aromatic rings. The zero-order valence-corrected chi connectivity index (χ0v) is 13.2. The van der Waals surface area contributed by atoms with Crippen LogP contribution < -0.4 is 5.32 Å². The molecule has 1 aliphatic carbocycles. The van der Waals surface area contributed by atoms with E-state index in [1.165, 1.54) is 38.2 Å². The predicted molar refractivity (Wildman–Crippen MR) is 85.2 cm³/mol. The first-order chi connectivity index (χ1) is 10.8. The quantitative estimate of drug-likeness (QED) is 0.745. The number of halogens is 1. The number of rotatable bonds is 8. The van der Waals surface area contributed by atoms with Crippen LogP contribution in [-0.4, -0.2) is 25.2 Å². The van der Waals surface area contributed by atoms with Crippen LogP contribution in [0.25, 0.3) is 0 Å². The first-order valence-corrected chi connectivity index (χ1v) is 8.37. The van der Waals surface area contributed by atoms with Gasteiger partial charge in [-0.1, -0.05) is 37.5 Å². The van der Waals surface area contributed by atoms with Gasteiger partial charge in [0.15, 0.2) is 0 Å². The minimum absolute atomic E-state index is 0.0269. The Balaban J connectivity index is 1.51. The lowest BCUT2D eigenvalue weighted by molar-refractivity contribution is -0.121. The molecular weight excluding hydrogens is 281 g/mol. The van der Waals surface area contributed by atoms with Gasteiger partial charge in [-0.3, -0.25) is 4.79 Å². The van der Waals surface area contributed by atoms with E-state index in [-0.39, 0.29) is 11.7 Å². The zero-order valence-electron chi connectivity index (χ0n) is 13.2. The standard InChI is InChI=1S/C18H26FNO2/c19-17-10-5-4-7-15(17)11-12-18(21)20-13-6-14-22-16-8-2-1-3-9-16/h4-5,7,10,16H,1-3,6,8-9,11-14H2,(H,20,21). The van der Waals surface area contributed by atoms with Gasteiger partial charge in [0, 0.05) is 19.6 Å². The van der Waals surface area contributed by atoms with Crippen molar-refractivity contribution in [3.05, 3.63) is 35.6 Å². The van der Waals surface area contributed by atoms with Gasteiger partial charge in [0.25, 0.3) is 0 Å². The Kier molecular flexibility index (Phi) is 7.37. The monoisotopic (exact) mass is 307 g/mol. The van der Waals surface area contributed by atoms with Crippen molar-refractivity contribution in [1.29, 1.82) is 0 Å². The fourth-order valence-corrected chi connectivity index (χ4v) is 2.82. The van der Waals surface area contributed by atoms with Crippen LogP contribution in [0.1, 0.15) is 50.5 Å². The van der Waals surface area contributed by atoms with Crippen LogP contribution in [0.2, 0.25) is 0 Å². The molecule has 0 spiro atoms. The summed E-state index contributed by atoms with van der Waals surface area (Å²) in [6.07, 6.45) is 8.26. The van der Waals surface area contributed by atoms with Crippen molar-refractivity contribution in [2.45, 2.75) is 57.5 Å². The Morgan fingerprint density at radius 3 is 2.77 bits per heavy atom. The summed E-state index contributed by atoms with van der Waals surface area (Å²) in [5.41, 5.74) is 0.596. The van der Waals surface area contributed by atoms with Gasteiger partial charge in [0.05, 0.1) is 6.10 Å². The second kappa shape index (κ2) is 9.57. The van der Waals surface area contributed by atoms with E-state index in [0.717, 1.165) is 6.42 Å². The van der Waals surface area contributed by atoms with Crippen molar-refractivity contribution in [2.75, 3.05) is 13.2 Å². The molecule has 0 saturated heterocycles. The average Bonchev–Trinajstić information content (AvgIpc) is 2.55. The smallest absolute Gasteiger partial charge is 0.220 e. The lowest BCUT2D eigenvalue weighted by Crippen LogP contribution is -2.26. The molecule has 1 N–H and O–H groups in total. The highest BCUT2D eigenvalue weighted by Crippen LogP contribution is 2.20. The van der Waals surface area contributed by atoms with Crippen molar-refractivity contribution < 1.29 is 13.9 Å². The van der Waals surface area contributed by atoms with Crippen LogP contribution in [-0.2, 0) is 16.0 Å². The maximum atomic E-state index is 13.4. The van der Waals surface area contributed by atoms with Gasteiger partial charge in [-0.2, -0.15) is 0 Å². The van der Waals surface area contributed by atoms with Gasteiger partial charge in [-0.25, -0.2) is 4.39 Å². The van der Waals surface area contributed by atoms with Gasteiger partial charge >= 0.3 is 0 Å². The molecule has 122 valence electrons. The molecule has 0 heterocycles. The maximum Gasteiger partial charge on any atom is 0.220 e. The normalized spacial score (nSPS) is 15.7. The Hall–Kier alpha value is -1.42. The number of hydrogen-bond acceptors (Lipinski definition) is 2. The van der Waals surface area contributed by atoms with Crippen LogP contribution in [0, 0.1) is 5.82 Å². The van der Waals surface area contributed by atoms with Gasteiger partial charge < -0.3 is 10.1 Å². The van der Waals surface area contributed by atoms with Gasteiger partial charge in [-0.15, -0.1) is 0 Å². The number of benzene rings is 1. The molecule has 2 rings (SSSR count). The summed E-state index contributed by atoms with van der Waals surface area (Å²) >= 11 is 0. The van der Waals surface area contributed by atoms with Gasteiger partial charge in [0.1, 0.15) is 5.82 Å². The minimum atomic E-state index is -0.240. The molecule has 0 bridgehead atoms. The highest BCUT2D eigenvalue weighted by molar-refractivity contribution is 5.76. The van der Waals surface area contributed by atoms with Gasteiger partial charge in [0.2, 0.25) is 5.91 Å². The molecule has 1 saturated carbocycles. The van der Waals surface area contributed by atoms with E-state index in [9.17, 15) is 9.18 Å². The van der Waals surface area contributed by atoms with E-state index in [1.807, 2.05) is 0 Å². The van der Waals surface area contributed by atoms with E-state index in [0.29, 0.717) is 37.7 Å². The molecular formula is C18H26FNO2. The average molecular weight is 307 g/mol. The van der Waals surface area contributed by atoms with Crippen molar-refractivity contribution in [3.63, 3.8) is 0 Å². The Morgan fingerprint density at radius 1 is 1.23 bits per heavy atom. The summed E-state index contributed by atoms with van der Waals surface area (Å²) in [7, 11) is 0. The molecule has 0 radical (unpaired) electrons. The minimum Gasteiger partial charge on any atom is -0.378 e. The number of carbonyl (C=O) groups is 1. The van der Waals surface area contributed by atoms with E-state index < -0.39 is 0 Å². The molecule has 0 atom stereocenters. The Morgan fingerprint density at radius 2 is 2.00 bits per heavy atom. The van der Waals surface area contributed by atoms with Crippen LogP contribution in [0.5, 0.6) is 0 Å². The number of nitrogens with one attached hydrogen (secondary N) is 1. The molecule has 0 aromatic heterocycles. The highest BCUT2D eigenvalue weighted by Gasteiger charge is 2.13.